The standard InChI is InChI=1S/C12H12N2O2S2/c15-18(16,9-4-2-1-3-5-9)14-6-10-11(7-14)12(10)13-8-17/h1-5,10-12H,6-7H2/t10-,11+,12?. The molecule has 4 nitrogen and oxygen atoms in total. The van der Waals surface area contributed by atoms with Crippen LogP contribution < -0.4 is 0 Å². The molecule has 0 spiro atoms. The first kappa shape index (κ1) is 12.0. The Hall–Kier alpha value is -1.07. The van der Waals surface area contributed by atoms with E-state index in [9.17, 15) is 8.42 Å². The van der Waals surface area contributed by atoms with Crippen molar-refractivity contribution in [2.24, 2.45) is 16.8 Å². The van der Waals surface area contributed by atoms with E-state index in [1.165, 1.54) is 0 Å². The molecule has 1 saturated heterocycles. The summed E-state index contributed by atoms with van der Waals surface area (Å²) in [5.41, 5.74) is 0. The third-order valence-corrected chi connectivity index (χ3v) is 5.65. The second-order valence-corrected chi connectivity index (χ2v) is 6.79. The van der Waals surface area contributed by atoms with Gasteiger partial charge in [-0.3, -0.25) is 0 Å². The lowest BCUT2D eigenvalue weighted by atomic mass is 10.4. The van der Waals surface area contributed by atoms with E-state index in [1.807, 2.05) is 6.07 Å². The number of fused-ring (bicyclic) bond motifs is 1. The molecule has 1 aliphatic carbocycles. The van der Waals surface area contributed by atoms with Crippen LogP contribution in [0.1, 0.15) is 0 Å². The summed E-state index contributed by atoms with van der Waals surface area (Å²) in [7, 11) is -3.33. The zero-order valence-electron chi connectivity index (χ0n) is 9.56. The van der Waals surface area contributed by atoms with Crippen LogP contribution in [0.5, 0.6) is 0 Å². The quantitative estimate of drug-likeness (QED) is 0.621. The summed E-state index contributed by atoms with van der Waals surface area (Å²) in [5.74, 6) is 0.665. The van der Waals surface area contributed by atoms with Crippen molar-refractivity contribution in [2.75, 3.05) is 13.1 Å². The normalized spacial score (nSPS) is 30.6. The first-order valence-corrected chi connectivity index (χ1v) is 7.61. The maximum atomic E-state index is 12.3. The lowest BCUT2D eigenvalue weighted by molar-refractivity contribution is 0.433. The Kier molecular flexibility index (Phi) is 2.83. The fourth-order valence-electron chi connectivity index (χ4n) is 2.65. The van der Waals surface area contributed by atoms with Gasteiger partial charge < -0.3 is 0 Å². The number of thiocarbonyl (C=S) groups is 1. The van der Waals surface area contributed by atoms with Gasteiger partial charge >= 0.3 is 0 Å². The molecule has 2 aliphatic rings. The second kappa shape index (κ2) is 4.24. The van der Waals surface area contributed by atoms with E-state index < -0.39 is 10.0 Å². The topological polar surface area (TPSA) is 49.7 Å². The van der Waals surface area contributed by atoms with Crippen molar-refractivity contribution in [3.8, 4) is 0 Å². The van der Waals surface area contributed by atoms with Crippen LogP contribution in [0.2, 0.25) is 0 Å². The van der Waals surface area contributed by atoms with E-state index in [1.54, 1.807) is 28.6 Å². The van der Waals surface area contributed by atoms with Gasteiger partial charge in [0, 0.05) is 24.9 Å². The Labute approximate surface area is 111 Å². The summed E-state index contributed by atoms with van der Waals surface area (Å²) in [6.45, 7) is 1.10. The van der Waals surface area contributed by atoms with Crippen LogP contribution in [0.15, 0.2) is 40.2 Å². The Bertz CT molecular complexity index is 596. The number of nitrogens with zero attached hydrogens (tertiary/aromatic N) is 2. The highest BCUT2D eigenvalue weighted by Crippen LogP contribution is 2.49. The molecule has 6 heteroatoms. The number of hydrogen-bond acceptors (Lipinski definition) is 4. The molecule has 18 heavy (non-hydrogen) atoms. The fraction of sp³-hybridized carbons (Fsp3) is 0.417. The molecule has 1 aromatic rings. The zero-order chi connectivity index (χ0) is 12.8. The first-order valence-electron chi connectivity index (χ1n) is 5.77. The van der Waals surface area contributed by atoms with Gasteiger partial charge in [-0.25, -0.2) is 13.4 Å². The number of rotatable bonds is 3. The lowest BCUT2D eigenvalue weighted by Gasteiger charge is -2.18. The third-order valence-electron chi connectivity index (χ3n) is 3.70. The highest BCUT2D eigenvalue weighted by atomic mass is 32.2. The molecule has 0 amide bonds. The Morgan fingerprint density at radius 2 is 1.83 bits per heavy atom. The molecule has 0 bridgehead atoms. The van der Waals surface area contributed by atoms with Gasteiger partial charge in [-0.05, 0) is 24.4 Å². The SMILES string of the molecule is O=S(=O)(c1ccccc1)N1C[C@@H]2C(N=C=S)[C@@H]2C1. The summed E-state index contributed by atoms with van der Waals surface area (Å²) in [5, 5.41) is 2.38. The van der Waals surface area contributed by atoms with E-state index in [-0.39, 0.29) is 6.04 Å². The number of piperidine rings is 1. The summed E-state index contributed by atoms with van der Waals surface area (Å²) in [4.78, 5) is 4.42. The Morgan fingerprint density at radius 1 is 1.22 bits per heavy atom. The molecule has 1 saturated carbocycles. The Balaban J connectivity index is 1.78. The molecule has 0 aromatic heterocycles. The van der Waals surface area contributed by atoms with Gasteiger partial charge in [-0.1, -0.05) is 18.2 Å². The maximum Gasteiger partial charge on any atom is 0.243 e. The highest BCUT2D eigenvalue weighted by molar-refractivity contribution is 7.89. The molecule has 0 radical (unpaired) electrons. The molecule has 1 heterocycles. The fourth-order valence-corrected chi connectivity index (χ4v) is 4.30. The average Bonchev–Trinajstić information content (AvgIpc) is 2.85. The molecule has 3 atom stereocenters. The van der Waals surface area contributed by atoms with Crippen molar-refractivity contribution in [1.29, 1.82) is 0 Å². The minimum absolute atomic E-state index is 0.199. The van der Waals surface area contributed by atoms with Gasteiger partial charge in [0.1, 0.15) is 0 Å². The molecular formula is C12H12N2O2S2. The number of isothiocyanates is 1. The molecular weight excluding hydrogens is 268 g/mol. The largest absolute Gasteiger partial charge is 0.243 e. The van der Waals surface area contributed by atoms with Crippen LogP contribution in [0.4, 0.5) is 0 Å². The highest BCUT2D eigenvalue weighted by Gasteiger charge is 2.58. The van der Waals surface area contributed by atoms with Crippen LogP contribution in [0.3, 0.4) is 0 Å². The van der Waals surface area contributed by atoms with Gasteiger partial charge in [0.2, 0.25) is 10.0 Å². The minimum atomic E-state index is -3.33. The van der Waals surface area contributed by atoms with Crippen LogP contribution in [-0.2, 0) is 10.0 Å². The van der Waals surface area contributed by atoms with Crippen molar-refractivity contribution in [3.05, 3.63) is 30.3 Å². The first-order chi connectivity index (χ1) is 8.64. The van der Waals surface area contributed by atoms with Crippen LogP contribution in [0.25, 0.3) is 0 Å². The van der Waals surface area contributed by atoms with Crippen molar-refractivity contribution in [3.63, 3.8) is 0 Å². The smallest absolute Gasteiger partial charge is 0.228 e. The van der Waals surface area contributed by atoms with Crippen LogP contribution in [0, 0.1) is 11.8 Å². The predicted molar refractivity (Wildman–Crippen MR) is 71.0 cm³/mol. The monoisotopic (exact) mass is 280 g/mol. The van der Waals surface area contributed by atoms with Crippen LogP contribution >= 0.6 is 12.2 Å². The predicted octanol–water partition coefficient (Wildman–Crippen LogP) is 1.41. The summed E-state index contributed by atoms with van der Waals surface area (Å²) < 4.78 is 26.2. The number of hydrogen-bond donors (Lipinski definition) is 0. The van der Waals surface area contributed by atoms with Gasteiger partial charge in [0.25, 0.3) is 0 Å². The molecule has 1 aromatic carbocycles. The second-order valence-electron chi connectivity index (χ2n) is 4.67. The number of benzene rings is 1. The van der Waals surface area contributed by atoms with Gasteiger partial charge in [-0.2, -0.15) is 4.31 Å². The van der Waals surface area contributed by atoms with Gasteiger partial charge in [0.15, 0.2) is 0 Å². The van der Waals surface area contributed by atoms with E-state index in [2.05, 4.69) is 22.4 Å². The molecule has 2 fully saturated rings. The lowest BCUT2D eigenvalue weighted by Crippen LogP contribution is -2.32. The third kappa shape index (κ3) is 1.82. The average molecular weight is 280 g/mol. The van der Waals surface area contributed by atoms with E-state index in [4.69, 9.17) is 0 Å². The summed E-state index contributed by atoms with van der Waals surface area (Å²) in [6.07, 6.45) is 0. The molecule has 3 rings (SSSR count). The zero-order valence-corrected chi connectivity index (χ0v) is 11.2. The number of aliphatic imine (C=N–C) groups is 1. The van der Waals surface area contributed by atoms with E-state index >= 15 is 0 Å². The number of sulfonamides is 1. The molecule has 1 unspecified atom stereocenters. The van der Waals surface area contributed by atoms with E-state index in [0.29, 0.717) is 29.8 Å². The summed E-state index contributed by atoms with van der Waals surface area (Å²) in [6, 6.07) is 8.75. The molecule has 0 N–H and O–H groups in total. The van der Waals surface area contributed by atoms with E-state index in [0.717, 1.165) is 0 Å². The van der Waals surface area contributed by atoms with Crippen molar-refractivity contribution in [2.45, 2.75) is 10.9 Å². The minimum Gasteiger partial charge on any atom is -0.228 e. The Morgan fingerprint density at radius 3 is 2.39 bits per heavy atom. The van der Waals surface area contributed by atoms with Crippen molar-refractivity contribution in [1.82, 2.24) is 4.31 Å². The van der Waals surface area contributed by atoms with Gasteiger partial charge in [-0.15, -0.1) is 0 Å². The van der Waals surface area contributed by atoms with Crippen molar-refractivity contribution < 1.29 is 8.42 Å². The van der Waals surface area contributed by atoms with Gasteiger partial charge in [0.05, 0.1) is 16.1 Å². The summed E-state index contributed by atoms with van der Waals surface area (Å²) >= 11 is 4.58. The van der Waals surface area contributed by atoms with Crippen LogP contribution in [-0.4, -0.2) is 37.0 Å². The maximum absolute atomic E-state index is 12.3. The molecule has 94 valence electrons. The van der Waals surface area contributed by atoms with Crippen molar-refractivity contribution >= 4 is 27.4 Å². The molecule has 1 aliphatic heterocycles.